The minimum Gasteiger partial charge on any atom is -0.444 e. The molecule has 1 aromatic carbocycles. The van der Waals surface area contributed by atoms with Gasteiger partial charge in [-0.25, -0.2) is 9.89 Å². The van der Waals surface area contributed by atoms with Crippen LogP contribution in [-0.2, 0) is 9.53 Å². The van der Waals surface area contributed by atoms with E-state index in [0.717, 1.165) is 5.56 Å². The van der Waals surface area contributed by atoms with Gasteiger partial charge < -0.3 is 15.4 Å². The molecule has 8 nitrogen and oxygen atoms in total. The zero-order valence-corrected chi connectivity index (χ0v) is 16.0. The average Bonchev–Trinajstić information content (AvgIpc) is 2.53. The van der Waals surface area contributed by atoms with Crippen molar-refractivity contribution in [2.45, 2.75) is 45.8 Å². The molecule has 144 valence electrons. The molecule has 2 aromatic rings. The van der Waals surface area contributed by atoms with Crippen molar-refractivity contribution in [3.63, 3.8) is 0 Å². The molecular weight excluding hydrogens is 348 g/mol. The van der Waals surface area contributed by atoms with E-state index >= 15 is 0 Å². The zero-order valence-electron chi connectivity index (χ0n) is 16.0. The zero-order chi connectivity index (χ0) is 20.2. The van der Waals surface area contributed by atoms with Gasteiger partial charge in [0.2, 0.25) is 5.91 Å². The van der Waals surface area contributed by atoms with E-state index in [1.54, 1.807) is 65.0 Å². The third-order valence-electron chi connectivity index (χ3n) is 3.48. The van der Waals surface area contributed by atoms with Crippen LogP contribution in [0.4, 0.5) is 10.5 Å². The molecule has 0 aliphatic heterocycles. The molecule has 3 N–H and O–H groups in total. The first-order chi connectivity index (χ1) is 12.5. The second kappa shape index (κ2) is 7.61. The van der Waals surface area contributed by atoms with Gasteiger partial charge >= 0.3 is 6.09 Å². The quantitative estimate of drug-likeness (QED) is 0.764. The first-order valence-corrected chi connectivity index (χ1v) is 8.45. The van der Waals surface area contributed by atoms with E-state index in [1.165, 1.54) is 6.07 Å². The number of aromatic nitrogens is 2. The highest BCUT2D eigenvalue weighted by atomic mass is 16.6. The fraction of sp³-hybridized carbons (Fsp3) is 0.368. The van der Waals surface area contributed by atoms with Crippen LogP contribution in [0.5, 0.6) is 0 Å². The summed E-state index contributed by atoms with van der Waals surface area (Å²) in [7, 11) is 0. The molecule has 0 bridgehead atoms. The van der Waals surface area contributed by atoms with Gasteiger partial charge in [0.25, 0.3) is 5.56 Å². The van der Waals surface area contributed by atoms with Gasteiger partial charge in [-0.15, -0.1) is 0 Å². The van der Waals surface area contributed by atoms with Crippen molar-refractivity contribution in [1.29, 1.82) is 0 Å². The molecule has 2 rings (SSSR count). The first kappa shape index (κ1) is 20.2. The Morgan fingerprint density at radius 3 is 2.37 bits per heavy atom. The van der Waals surface area contributed by atoms with Crippen LogP contribution in [0.2, 0.25) is 0 Å². The number of H-pyrrole nitrogens is 1. The van der Waals surface area contributed by atoms with Crippen LogP contribution in [0.15, 0.2) is 41.2 Å². The number of amides is 2. The first-order valence-electron chi connectivity index (χ1n) is 8.45. The van der Waals surface area contributed by atoms with Gasteiger partial charge in [-0.3, -0.25) is 9.59 Å². The van der Waals surface area contributed by atoms with Crippen molar-refractivity contribution in [1.82, 2.24) is 15.5 Å². The van der Waals surface area contributed by atoms with Crippen molar-refractivity contribution >= 4 is 17.7 Å². The maximum Gasteiger partial charge on any atom is 0.408 e. The number of hydrogen-bond donors (Lipinski definition) is 3. The molecule has 0 saturated heterocycles. The molecule has 0 aliphatic carbocycles. The van der Waals surface area contributed by atoms with Gasteiger partial charge in [-0.1, -0.05) is 12.1 Å². The van der Waals surface area contributed by atoms with Crippen LogP contribution in [-0.4, -0.2) is 33.3 Å². The van der Waals surface area contributed by atoms with Crippen LogP contribution in [0.3, 0.4) is 0 Å². The molecule has 0 fully saturated rings. The second-order valence-electron chi connectivity index (χ2n) is 7.59. The molecule has 0 aliphatic rings. The Morgan fingerprint density at radius 1 is 1.07 bits per heavy atom. The summed E-state index contributed by atoms with van der Waals surface area (Å²) in [4.78, 5) is 35.7. The van der Waals surface area contributed by atoms with E-state index in [4.69, 9.17) is 4.74 Å². The minimum atomic E-state index is -1.19. The Morgan fingerprint density at radius 2 is 1.78 bits per heavy atom. The van der Waals surface area contributed by atoms with Crippen LogP contribution in [0.25, 0.3) is 11.3 Å². The standard InChI is InChI=1S/C19H24N4O4/c1-18(2,3)27-17(26)21-19(4,5)16(25)20-13-8-6-7-12(11-13)14-9-10-15(24)23-22-14/h6-11H,1-5H3,(H,20,25)(H,21,26)(H,23,24). The Hall–Kier alpha value is -3.16. The molecule has 8 heteroatoms. The molecule has 0 spiro atoms. The average molecular weight is 372 g/mol. The van der Waals surface area contributed by atoms with Gasteiger partial charge in [-0.2, -0.15) is 5.10 Å². The number of carbonyl (C=O) groups excluding carboxylic acids is 2. The number of rotatable bonds is 4. The summed E-state index contributed by atoms with van der Waals surface area (Å²) in [5.41, 5.74) is -0.315. The lowest BCUT2D eigenvalue weighted by atomic mass is 10.0. The SMILES string of the molecule is CC(C)(C)OC(=O)NC(C)(C)C(=O)Nc1cccc(-c2ccc(=O)[nH]n2)c1. The highest BCUT2D eigenvalue weighted by molar-refractivity contribution is 5.99. The molecule has 2 amide bonds. The largest absolute Gasteiger partial charge is 0.444 e. The Bertz CT molecular complexity index is 877. The number of hydrogen-bond acceptors (Lipinski definition) is 5. The Balaban J connectivity index is 2.10. The van der Waals surface area contributed by atoms with Gasteiger partial charge in [0, 0.05) is 17.3 Å². The van der Waals surface area contributed by atoms with Gasteiger partial charge in [0.15, 0.2) is 0 Å². The smallest absolute Gasteiger partial charge is 0.408 e. The van der Waals surface area contributed by atoms with Crippen molar-refractivity contribution in [3.8, 4) is 11.3 Å². The number of nitrogens with one attached hydrogen (secondary N) is 3. The minimum absolute atomic E-state index is 0.293. The third kappa shape index (κ3) is 5.95. The summed E-state index contributed by atoms with van der Waals surface area (Å²) < 4.78 is 5.19. The van der Waals surface area contributed by atoms with Crippen molar-refractivity contribution in [2.75, 3.05) is 5.32 Å². The van der Waals surface area contributed by atoms with Crippen LogP contribution in [0, 0.1) is 0 Å². The molecule has 0 saturated carbocycles. The highest BCUT2D eigenvalue weighted by Crippen LogP contribution is 2.20. The summed E-state index contributed by atoms with van der Waals surface area (Å²) in [5, 5.41) is 11.7. The topological polar surface area (TPSA) is 113 Å². The molecule has 1 aromatic heterocycles. The number of carbonyl (C=O) groups is 2. The maximum absolute atomic E-state index is 12.6. The van der Waals surface area contributed by atoms with E-state index in [-0.39, 0.29) is 5.56 Å². The number of alkyl carbamates (subject to hydrolysis) is 1. The molecule has 0 radical (unpaired) electrons. The number of nitrogens with zero attached hydrogens (tertiary/aromatic N) is 1. The summed E-state index contributed by atoms with van der Waals surface area (Å²) >= 11 is 0. The van der Waals surface area contributed by atoms with Crippen LogP contribution >= 0.6 is 0 Å². The van der Waals surface area contributed by atoms with E-state index < -0.39 is 23.1 Å². The predicted octanol–water partition coefficient (Wildman–Crippen LogP) is 2.68. The second-order valence-corrected chi connectivity index (χ2v) is 7.59. The summed E-state index contributed by atoms with van der Waals surface area (Å²) in [6.45, 7) is 8.40. The fourth-order valence-electron chi connectivity index (χ4n) is 2.16. The lowest BCUT2D eigenvalue weighted by molar-refractivity contribution is -0.121. The summed E-state index contributed by atoms with van der Waals surface area (Å²) in [6.07, 6.45) is -0.672. The predicted molar refractivity (Wildman–Crippen MR) is 102 cm³/mol. The van der Waals surface area contributed by atoms with Crippen molar-refractivity contribution in [2.24, 2.45) is 0 Å². The lowest BCUT2D eigenvalue weighted by Crippen LogP contribution is -2.53. The third-order valence-corrected chi connectivity index (χ3v) is 3.48. The van der Waals surface area contributed by atoms with Crippen molar-refractivity contribution in [3.05, 3.63) is 46.8 Å². The molecule has 1 heterocycles. The monoisotopic (exact) mass is 372 g/mol. The number of aromatic amines is 1. The summed E-state index contributed by atoms with van der Waals surface area (Å²) in [5.74, 6) is -0.403. The molecule has 27 heavy (non-hydrogen) atoms. The highest BCUT2D eigenvalue weighted by Gasteiger charge is 2.31. The van der Waals surface area contributed by atoms with E-state index in [9.17, 15) is 14.4 Å². The van der Waals surface area contributed by atoms with E-state index in [1.807, 2.05) is 0 Å². The Kier molecular flexibility index (Phi) is 5.68. The van der Waals surface area contributed by atoms with Crippen LogP contribution in [0.1, 0.15) is 34.6 Å². The van der Waals surface area contributed by atoms with Gasteiger partial charge in [0.05, 0.1) is 5.69 Å². The molecular formula is C19H24N4O4. The van der Waals surface area contributed by atoms with Gasteiger partial charge in [0.1, 0.15) is 11.1 Å². The van der Waals surface area contributed by atoms with E-state index in [0.29, 0.717) is 11.4 Å². The Labute approximate surface area is 157 Å². The molecule has 0 atom stereocenters. The van der Waals surface area contributed by atoms with Crippen molar-refractivity contribution < 1.29 is 14.3 Å². The maximum atomic E-state index is 12.6. The molecule has 0 unspecified atom stereocenters. The summed E-state index contributed by atoms with van der Waals surface area (Å²) in [6, 6.07) is 9.97. The number of benzene rings is 1. The fourth-order valence-corrected chi connectivity index (χ4v) is 2.16. The lowest BCUT2D eigenvalue weighted by Gasteiger charge is -2.27. The van der Waals surface area contributed by atoms with Gasteiger partial charge in [-0.05, 0) is 52.8 Å². The number of anilines is 1. The van der Waals surface area contributed by atoms with E-state index in [2.05, 4.69) is 20.8 Å². The van der Waals surface area contributed by atoms with Crippen LogP contribution < -0.4 is 16.2 Å². The normalized spacial score (nSPS) is 11.6. The number of ether oxygens (including phenoxy) is 1.